The molecule has 71 heavy (non-hydrogen) atoms. The molecule has 8 rings (SSSR count). The normalized spacial score (nSPS) is 49.2. The lowest BCUT2D eigenvalue weighted by atomic mass is 9.33. The molecule has 406 valence electrons. The monoisotopic (exact) mass is 1010 g/mol. The van der Waals surface area contributed by atoms with Crippen molar-refractivity contribution >= 4 is 11.9 Å². The van der Waals surface area contributed by atoms with Gasteiger partial charge in [0, 0.05) is 6.42 Å². The fourth-order valence-electron chi connectivity index (χ4n) is 15.7. The van der Waals surface area contributed by atoms with Gasteiger partial charge in [-0.05, 0) is 135 Å². The SMILES string of the molecule is CC1O[C@@H](OC2C(O)[C@@H](NC(=O)CCCCCN)C(CO)O[C@H]2OC(=O)[C@]23CCC(C)(C)CC2C2=CCC4C5(C)CC[C@H](O)C(C)(C)[C@@H]5CC[C@]4(C)[C@]2(C)CC3)C(O)C(O)[C@H]1O[C@@H]1OC[C@@H](O)C(O)C1O. The Hall–Kier alpha value is -1.88. The van der Waals surface area contributed by atoms with E-state index in [1.54, 1.807) is 0 Å². The van der Waals surface area contributed by atoms with Crippen molar-refractivity contribution in [3.05, 3.63) is 11.6 Å². The number of hydrogen-bond donors (Lipinski definition) is 10. The van der Waals surface area contributed by atoms with Crippen molar-refractivity contribution in [2.24, 2.45) is 56.0 Å². The first kappa shape index (κ1) is 55.4. The van der Waals surface area contributed by atoms with Gasteiger partial charge in [0.2, 0.25) is 12.2 Å². The van der Waals surface area contributed by atoms with Crippen LogP contribution in [-0.2, 0) is 38.0 Å². The van der Waals surface area contributed by atoms with Crippen LogP contribution in [0.3, 0.4) is 0 Å². The number of rotatable bonds is 13. The van der Waals surface area contributed by atoms with Gasteiger partial charge in [0.1, 0.15) is 48.8 Å². The predicted molar refractivity (Wildman–Crippen MR) is 256 cm³/mol. The Labute approximate surface area is 419 Å². The van der Waals surface area contributed by atoms with E-state index in [1.807, 2.05) is 0 Å². The number of hydrogen-bond acceptors (Lipinski definition) is 17. The van der Waals surface area contributed by atoms with Gasteiger partial charge in [-0.3, -0.25) is 9.59 Å². The lowest BCUT2D eigenvalue weighted by molar-refractivity contribution is -0.369. The summed E-state index contributed by atoms with van der Waals surface area (Å²) in [5.74, 6) is -0.347. The van der Waals surface area contributed by atoms with Crippen LogP contribution in [0.25, 0.3) is 0 Å². The van der Waals surface area contributed by atoms with Crippen LogP contribution < -0.4 is 11.1 Å². The number of allylic oxidation sites excluding steroid dienone is 2. The first-order valence-electron chi connectivity index (χ1n) is 26.8. The van der Waals surface area contributed by atoms with Gasteiger partial charge in [-0.1, -0.05) is 66.5 Å². The van der Waals surface area contributed by atoms with Crippen LogP contribution in [0.15, 0.2) is 11.6 Å². The van der Waals surface area contributed by atoms with Crippen LogP contribution in [0.2, 0.25) is 0 Å². The minimum atomic E-state index is -1.87. The fraction of sp³-hybridized carbons (Fsp3) is 0.925. The van der Waals surface area contributed by atoms with Crippen molar-refractivity contribution in [2.45, 2.75) is 237 Å². The summed E-state index contributed by atoms with van der Waals surface area (Å²) >= 11 is 0. The number of carbonyl (C=O) groups excluding carboxylic acids is 2. The lowest BCUT2D eigenvalue weighted by Gasteiger charge is -2.71. The highest BCUT2D eigenvalue weighted by Crippen LogP contribution is 2.76. The first-order valence-corrected chi connectivity index (χ1v) is 26.8. The molecule has 18 nitrogen and oxygen atoms in total. The van der Waals surface area contributed by atoms with E-state index in [0.29, 0.717) is 44.1 Å². The van der Waals surface area contributed by atoms with E-state index in [4.69, 9.17) is 34.2 Å². The predicted octanol–water partition coefficient (Wildman–Crippen LogP) is 2.45. The third-order valence-electron chi connectivity index (χ3n) is 20.4. The average Bonchev–Trinajstić information content (AvgIpc) is 3.31. The Morgan fingerprint density at radius 3 is 2.15 bits per heavy atom. The highest BCUT2D eigenvalue weighted by Gasteiger charge is 2.70. The maximum Gasteiger partial charge on any atom is 0.315 e. The molecule has 0 spiro atoms. The summed E-state index contributed by atoms with van der Waals surface area (Å²) in [5, 5.41) is 90.8. The van der Waals surface area contributed by atoms with Gasteiger partial charge in [0.25, 0.3) is 0 Å². The van der Waals surface area contributed by atoms with E-state index in [9.17, 15) is 45.6 Å². The number of nitrogens with one attached hydrogen (secondary N) is 1. The quantitative estimate of drug-likeness (QED) is 0.0720. The number of aliphatic hydroxyl groups is 8. The molecule has 22 atom stereocenters. The molecule has 0 bridgehead atoms. The summed E-state index contributed by atoms with van der Waals surface area (Å²) in [6.07, 6.45) is -7.90. The smallest absolute Gasteiger partial charge is 0.315 e. The summed E-state index contributed by atoms with van der Waals surface area (Å²) in [4.78, 5) is 28.9. The van der Waals surface area contributed by atoms with E-state index in [-0.39, 0.29) is 52.1 Å². The van der Waals surface area contributed by atoms with Crippen LogP contribution in [0.1, 0.15) is 145 Å². The van der Waals surface area contributed by atoms with Gasteiger partial charge >= 0.3 is 5.97 Å². The molecule has 3 aliphatic heterocycles. The zero-order valence-corrected chi connectivity index (χ0v) is 43.4. The largest absolute Gasteiger partial charge is 0.432 e. The molecule has 0 radical (unpaired) electrons. The van der Waals surface area contributed by atoms with Crippen LogP contribution in [0.4, 0.5) is 0 Å². The molecule has 11 N–H and O–H groups in total. The van der Waals surface area contributed by atoms with E-state index in [2.05, 4.69) is 59.9 Å². The van der Waals surface area contributed by atoms with Crippen molar-refractivity contribution in [3.63, 3.8) is 0 Å². The van der Waals surface area contributed by atoms with Crippen LogP contribution >= 0.6 is 0 Å². The van der Waals surface area contributed by atoms with Gasteiger partial charge in [0.15, 0.2) is 18.7 Å². The lowest BCUT2D eigenvalue weighted by Crippen LogP contribution is -2.68. The molecular weight excluding hydrogens is 921 g/mol. The summed E-state index contributed by atoms with van der Waals surface area (Å²) < 4.78 is 36.5. The van der Waals surface area contributed by atoms with Crippen LogP contribution in [0.5, 0.6) is 0 Å². The number of esters is 1. The molecule has 5 aliphatic carbocycles. The number of amides is 1. The Kier molecular flexibility index (Phi) is 16.0. The van der Waals surface area contributed by atoms with Crippen molar-refractivity contribution in [3.8, 4) is 0 Å². The molecule has 8 aliphatic rings. The van der Waals surface area contributed by atoms with Gasteiger partial charge in [-0.25, -0.2) is 0 Å². The molecule has 11 unspecified atom stereocenters. The molecule has 1 amide bonds. The Bertz CT molecular complexity index is 1940. The highest BCUT2D eigenvalue weighted by atomic mass is 16.8. The average molecular weight is 1010 g/mol. The summed E-state index contributed by atoms with van der Waals surface area (Å²) in [7, 11) is 0. The highest BCUT2D eigenvalue weighted by molar-refractivity contribution is 5.79. The summed E-state index contributed by atoms with van der Waals surface area (Å²) in [6.45, 7) is 17.3. The fourth-order valence-corrected chi connectivity index (χ4v) is 15.7. The Morgan fingerprint density at radius 1 is 0.761 bits per heavy atom. The maximum absolute atomic E-state index is 15.5. The number of nitrogens with two attached hydrogens (primary N) is 1. The molecule has 4 saturated carbocycles. The van der Waals surface area contributed by atoms with E-state index >= 15 is 4.79 Å². The molecular formula is C53H88N2O16. The third kappa shape index (κ3) is 9.60. The zero-order chi connectivity index (χ0) is 51.8. The standard InChI is InChI=1S/C53H88N2O16/c1-27-42(69-44-40(63)37(60)30(57)26-66-44)39(62)41(64)45(67-27)70-43-38(61)36(55-35(59)12-10-9-11-23-54)31(25-56)68-46(43)71-47(65)53-21-19-48(2,3)24-29(53)28-13-14-33-50(6)17-16-34(58)49(4,5)32(50)15-18-52(33,8)51(28,7)20-22-53/h13,27,29-34,36-46,56-58,60-64H,9-12,14-26,54H2,1-8H3,(H,55,59)/t27?,29?,30-,31?,32+,33?,34+,36+,37?,38?,39?,40?,41?,42+,43?,44+,45+,46+,50?,51-,52+,53+/m1/s1. The second-order valence-corrected chi connectivity index (χ2v) is 25.2. The Morgan fingerprint density at radius 2 is 1.45 bits per heavy atom. The summed E-state index contributed by atoms with van der Waals surface area (Å²) in [5.41, 5.74) is 5.46. The molecule has 0 aromatic rings. The minimum Gasteiger partial charge on any atom is -0.432 e. The van der Waals surface area contributed by atoms with Crippen molar-refractivity contribution in [1.29, 1.82) is 0 Å². The molecule has 18 heteroatoms. The van der Waals surface area contributed by atoms with Crippen molar-refractivity contribution in [2.75, 3.05) is 19.8 Å². The number of fused-ring (bicyclic) bond motifs is 7. The maximum atomic E-state index is 15.5. The van der Waals surface area contributed by atoms with Crippen molar-refractivity contribution in [1.82, 2.24) is 5.32 Å². The van der Waals surface area contributed by atoms with Crippen LogP contribution in [-0.4, -0.2) is 165 Å². The van der Waals surface area contributed by atoms with Crippen molar-refractivity contribution < 1.29 is 78.9 Å². The van der Waals surface area contributed by atoms with Gasteiger partial charge < -0.3 is 80.3 Å². The second-order valence-electron chi connectivity index (χ2n) is 25.2. The van der Waals surface area contributed by atoms with Gasteiger partial charge in [0.05, 0.1) is 36.9 Å². The van der Waals surface area contributed by atoms with E-state index < -0.39 is 110 Å². The molecule has 3 saturated heterocycles. The number of aliphatic hydroxyl groups excluding tert-OH is 8. The number of unbranched alkanes of at least 4 members (excludes halogenated alkanes) is 2. The van der Waals surface area contributed by atoms with Gasteiger partial charge in [-0.2, -0.15) is 0 Å². The molecule has 3 heterocycles. The van der Waals surface area contributed by atoms with Crippen LogP contribution in [0, 0.1) is 50.2 Å². The number of carbonyl (C=O) groups is 2. The molecule has 7 fully saturated rings. The zero-order valence-electron chi connectivity index (χ0n) is 43.4. The second kappa shape index (κ2) is 20.6. The van der Waals surface area contributed by atoms with Gasteiger partial charge in [-0.15, -0.1) is 0 Å². The Balaban J connectivity index is 1.07. The molecule has 0 aromatic carbocycles. The number of ether oxygens (including phenoxy) is 6. The minimum absolute atomic E-state index is 0.0387. The van der Waals surface area contributed by atoms with E-state index in [1.165, 1.54) is 12.5 Å². The third-order valence-corrected chi connectivity index (χ3v) is 20.4. The topological polar surface area (TPSA) is 289 Å². The first-order chi connectivity index (χ1) is 33.3. The summed E-state index contributed by atoms with van der Waals surface area (Å²) in [6, 6.07) is -1.26. The van der Waals surface area contributed by atoms with E-state index in [0.717, 1.165) is 57.8 Å². The molecule has 0 aromatic heterocycles.